The van der Waals surface area contributed by atoms with Crippen LogP contribution in [0.25, 0.3) is 0 Å². The molecule has 0 aliphatic carbocycles. The van der Waals surface area contributed by atoms with E-state index in [1.165, 1.54) is 10.6 Å². The van der Waals surface area contributed by atoms with Crippen molar-refractivity contribution in [3.05, 3.63) is 58.9 Å². The third-order valence-electron chi connectivity index (χ3n) is 11.1. The fraction of sp³-hybridized carbons (Fsp3) is 0.724. The molecule has 1 aromatic carbocycles. The molecular formula is C58H97N5O3. The van der Waals surface area contributed by atoms with E-state index in [0.717, 1.165) is 63.5 Å². The van der Waals surface area contributed by atoms with Crippen molar-refractivity contribution in [2.75, 3.05) is 5.01 Å². The van der Waals surface area contributed by atoms with Gasteiger partial charge in [-0.15, -0.1) is 0 Å². The van der Waals surface area contributed by atoms with Gasteiger partial charge in [-0.1, -0.05) is 137 Å². The third-order valence-corrected chi connectivity index (χ3v) is 11.1. The van der Waals surface area contributed by atoms with Gasteiger partial charge in [0, 0.05) is 36.1 Å². The quantitative estimate of drug-likeness (QED) is 0.122. The van der Waals surface area contributed by atoms with E-state index in [9.17, 15) is 14.4 Å². The molecule has 372 valence electrons. The largest absolute Gasteiger partial charge is 0.299 e. The molecule has 1 unspecified atom stereocenters. The summed E-state index contributed by atoms with van der Waals surface area (Å²) in [6, 6.07) is 16.0. The summed E-state index contributed by atoms with van der Waals surface area (Å²) in [5.74, 6) is 5.77. The van der Waals surface area contributed by atoms with Crippen LogP contribution in [-0.2, 0) is 17.6 Å². The average molecular weight is 912 g/mol. The van der Waals surface area contributed by atoms with Gasteiger partial charge in [-0.25, -0.2) is 0 Å². The second kappa shape index (κ2) is 33.3. The van der Waals surface area contributed by atoms with Crippen LogP contribution in [0.3, 0.4) is 0 Å². The predicted octanol–water partition coefficient (Wildman–Crippen LogP) is 15.9. The van der Waals surface area contributed by atoms with Crippen molar-refractivity contribution in [1.82, 2.24) is 4.68 Å². The van der Waals surface area contributed by atoms with E-state index in [2.05, 4.69) is 136 Å². The Morgan fingerprint density at radius 1 is 0.591 bits per heavy atom. The highest BCUT2D eigenvalue weighted by Gasteiger charge is 2.37. The SMILES string of the molecule is CC(C)CC(C#N)CC(C)C.CC(C)CC(C)(C#N)CC(C)C.CC(C)CC(C)C#N.CCC(=O)C(CC(C)C)CC(C)C.CCc1c(CC(C)C)ccn1N1C(=O)c2ccccc2C1=O. The molecule has 8 nitrogen and oxygen atoms in total. The number of hydrogen-bond acceptors (Lipinski definition) is 6. The van der Waals surface area contributed by atoms with Crippen molar-refractivity contribution in [3.63, 3.8) is 0 Å². The standard InChI is InChI=1S/C18H20N2O2.C12H24O.C11H21N.C10H19N.C7H13N/c1-4-16-13(11-12(2)3)9-10-19(16)20-17(21)14-7-5-6-8-15(14)18(20)22;1-6-12(13)11(7-9(2)3)8-10(4)5;1-9(2)6-11(5,8-12)7-10(3)4;1-8(2)5-10(7-11)6-9(3)4;1-6(2)4-7(3)5-8/h5-10,12H,4,11H2,1-3H3;9-11H,6-8H2,1-5H3;9-10H,6-7H2,1-5H3;8-10H,5-6H2,1-4H3;6-7H,4H2,1-3H3. The lowest BCUT2D eigenvalue weighted by Gasteiger charge is -2.25. The van der Waals surface area contributed by atoms with E-state index in [4.69, 9.17) is 15.8 Å². The number of aromatic nitrogens is 1. The number of carbonyl (C=O) groups excluding carboxylic acids is 3. The summed E-state index contributed by atoms with van der Waals surface area (Å²) in [5.41, 5.74) is 3.09. The molecule has 0 saturated carbocycles. The van der Waals surface area contributed by atoms with Crippen LogP contribution in [0.4, 0.5) is 0 Å². The summed E-state index contributed by atoms with van der Waals surface area (Å²) >= 11 is 0. The summed E-state index contributed by atoms with van der Waals surface area (Å²) in [7, 11) is 0. The smallest absolute Gasteiger partial charge is 0.281 e. The summed E-state index contributed by atoms with van der Waals surface area (Å²) < 4.78 is 1.72. The van der Waals surface area contributed by atoms with Crippen LogP contribution in [0.2, 0.25) is 0 Å². The first-order valence-electron chi connectivity index (χ1n) is 25.5. The van der Waals surface area contributed by atoms with E-state index in [-0.39, 0.29) is 29.1 Å². The van der Waals surface area contributed by atoms with E-state index in [1.807, 2.05) is 33.0 Å². The highest BCUT2D eigenvalue weighted by molar-refractivity contribution is 6.30. The Balaban J connectivity index is 0. The second-order valence-electron chi connectivity index (χ2n) is 22.4. The lowest BCUT2D eigenvalue weighted by molar-refractivity contribution is -0.123. The van der Waals surface area contributed by atoms with Gasteiger partial charge in [-0.3, -0.25) is 19.1 Å². The van der Waals surface area contributed by atoms with Crippen LogP contribution in [0.15, 0.2) is 36.5 Å². The lowest BCUT2D eigenvalue weighted by Crippen LogP contribution is -2.40. The van der Waals surface area contributed by atoms with E-state index in [1.54, 1.807) is 28.9 Å². The molecular weight excluding hydrogens is 815 g/mol. The van der Waals surface area contributed by atoms with Crippen molar-refractivity contribution in [2.24, 2.45) is 70.5 Å². The Hall–Kier alpha value is -4.22. The Morgan fingerprint density at radius 3 is 1.30 bits per heavy atom. The second-order valence-corrected chi connectivity index (χ2v) is 22.4. The van der Waals surface area contributed by atoms with Crippen LogP contribution in [-0.4, -0.2) is 22.3 Å². The monoisotopic (exact) mass is 912 g/mol. The number of fused-ring (bicyclic) bond motifs is 1. The minimum absolute atomic E-state index is 0.109. The fourth-order valence-corrected chi connectivity index (χ4v) is 8.93. The molecule has 2 aromatic rings. The highest BCUT2D eigenvalue weighted by Crippen LogP contribution is 2.32. The molecule has 2 heterocycles. The minimum atomic E-state index is -0.248. The number of Topliss-reactive ketones (excluding diaryl/α,β-unsaturated/α-hetero) is 1. The molecule has 3 rings (SSSR count). The highest BCUT2D eigenvalue weighted by atomic mass is 16.2. The number of ketones is 1. The summed E-state index contributed by atoms with van der Waals surface area (Å²) in [6.07, 6.45) is 11.5. The zero-order valence-electron chi connectivity index (χ0n) is 45.8. The minimum Gasteiger partial charge on any atom is -0.299 e. The van der Waals surface area contributed by atoms with Gasteiger partial charge in [-0.05, 0) is 143 Å². The van der Waals surface area contributed by atoms with Gasteiger partial charge in [0.25, 0.3) is 11.8 Å². The number of nitriles is 3. The van der Waals surface area contributed by atoms with Crippen molar-refractivity contribution in [3.8, 4) is 18.2 Å². The number of nitrogens with zero attached hydrogens (tertiary/aromatic N) is 5. The Kier molecular flexibility index (Phi) is 32.2. The van der Waals surface area contributed by atoms with Crippen molar-refractivity contribution in [2.45, 2.75) is 203 Å². The van der Waals surface area contributed by atoms with Crippen LogP contribution >= 0.6 is 0 Å². The number of benzene rings is 1. The third kappa shape index (κ3) is 26.2. The van der Waals surface area contributed by atoms with Crippen LogP contribution in [0.1, 0.15) is 222 Å². The van der Waals surface area contributed by atoms with Gasteiger partial charge in [0.2, 0.25) is 0 Å². The van der Waals surface area contributed by atoms with Gasteiger partial charge in [0.05, 0.1) is 34.7 Å². The first-order chi connectivity index (χ1) is 30.6. The van der Waals surface area contributed by atoms with E-state index in [0.29, 0.717) is 76.6 Å². The molecule has 1 aliphatic rings. The normalized spacial score (nSPS) is 12.7. The maximum Gasteiger partial charge on any atom is 0.281 e. The number of imide groups is 1. The zero-order valence-corrected chi connectivity index (χ0v) is 45.8. The van der Waals surface area contributed by atoms with Crippen molar-refractivity contribution in [1.29, 1.82) is 15.8 Å². The molecule has 1 atom stereocenters. The van der Waals surface area contributed by atoms with E-state index < -0.39 is 0 Å². The molecule has 0 radical (unpaired) electrons. The molecule has 1 aliphatic heterocycles. The maximum absolute atomic E-state index is 12.6. The molecule has 2 amide bonds. The van der Waals surface area contributed by atoms with Gasteiger partial charge in [0.15, 0.2) is 0 Å². The maximum atomic E-state index is 12.6. The fourth-order valence-electron chi connectivity index (χ4n) is 8.93. The number of carbonyl (C=O) groups is 3. The van der Waals surface area contributed by atoms with Crippen LogP contribution in [0.5, 0.6) is 0 Å². The van der Waals surface area contributed by atoms with Crippen LogP contribution < -0.4 is 5.01 Å². The molecule has 0 bridgehead atoms. The number of hydrogen-bond donors (Lipinski definition) is 0. The Bertz CT molecular complexity index is 1740. The molecule has 8 heteroatoms. The Morgan fingerprint density at radius 2 is 1.02 bits per heavy atom. The molecule has 0 fully saturated rings. The van der Waals surface area contributed by atoms with Gasteiger partial charge < -0.3 is 0 Å². The van der Waals surface area contributed by atoms with E-state index >= 15 is 0 Å². The summed E-state index contributed by atoms with van der Waals surface area (Å²) in [6.45, 7) is 42.8. The number of amides is 2. The topological polar surface area (TPSA) is 131 Å². The average Bonchev–Trinajstić information content (AvgIpc) is 3.71. The van der Waals surface area contributed by atoms with Gasteiger partial charge in [-0.2, -0.15) is 20.8 Å². The molecule has 66 heavy (non-hydrogen) atoms. The molecule has 0 saturated heterocycles. The van der Waals surface area contributed by atoms with Gasteiger partial charge >= 0.3 is 0 Å². The Labute approximate surface area is 406 Å². The van der Waals surface area contributed by atoms with Gasteiger partial charge in [0.1, 0.15) is 5.78 Å². The van der Waals surface area contributed by atoms with Crippen LogP contribution in [0, 0.1) is 105 Å². The van der Waals surface area contributed by atoms with Crippen molar-refractivity contribution >= 4 is 17.6 Å². The first-order valence-corrected chi connectivity index (χ1v) is 25.5. The van der Waals surface area contributed by atoms with Crippen molar-refractivity contribution < 1.29 is 14.4 Å². The number of rotatable bonds is 20. The first kappa shape index (κ1) is 63.9. The zero-order chi connectivity index (χ0) is 51.5. The summed E-state index contributed by atoms with van der Waals surface area (Å²) in [5, 5.41) is 27.4. The molecule has 1 aromatic heterocycles. The lowest BCUT2D eigenvalue weighted by atomic mass is 9.77. The molecule has 0 N–H and O–H groups in total. The molecule has 0 spiro atoms. The predicted molar refractivity (Wildman–Crippen MR) is 278 cm³/mol. The summed E-state index contributed by atoms with van der Waals surface area (Å²) in [4.78, 5) is 36.8.